The summed E-state index contributed by atoms with van der Waals surface area (Å²) < 4.78 is 0. The van der Waals surface area contributed by atoms with Crippen molar-refractivity contribution in [3.63, 3.8) is 0 Å². The van der Waals surface area contributed by atoms with Gasteiger partial charge in [-0.05, 0) is 0 Å². The first-order chi connectivity index (χ1) is 4.41. The molecule has 0 aromatic rings. The van der Waals surface area contributed by atoms with Crippen molar-refractivity contribution in [2.24, 2.45) is 0 Å². The number of hydrogen-bond donors (Lipinski definition) is 0. The van der Waals surface area contributed by atoms with Crippen LogP contribution in [0.3, 0.4) is 0 Å². The van der Waals surface area contributed by atoms with Gasteiger partial charge in [-0.2, -0.15) is 5.75 Å². The van der Waals surface area contributed by atoms with E-state index in [2.05, 4.69) is 6.92 Å². The van der Waals surface area contributed by atoms with Crippen molar-refractivity contribution in [3.8, 4) is 0 Å². The Morgan fingerprint density at radius 3 is 2.00 bits per heavy atom. The fourth-order valence-electron chi connectivity index (χ4n) is 0.882. The molecule has 0 radical (unpaired) electrons. The highest BCUT2D eigenvalue weighted by Gasteiger charge is 1.84. The molecule has 0 unspecified atom stereocenters. The molecule has 0 N–H and O–H groups in total. The van der Waals surface area contributed by atoms with Gasteiger partial charge in [0, 0.05) is 0 Å². The Hall–Kier alpha value is 0.350. The van der Waals surface area contributed by atoms with E-state index in [-0.39, 0.29) is 0 Å². The van der Waals surface area contributed by atoms with E-state index in [1.54, 1.807) is 0 Å². The summed E-state index contributed by atoms with van der Waals surface area (Å²) >= 11 is 4.83. The molecule has 0 nitrogen and oxygen atoms in total. The molecule has 0 amide bonds. The van der Waals surface area contributed by atoms with E-state index in [0.29, 0.717) is 0 Å². The molecule has 0 fully saturated rings. The molecule has 0 aliphatic rings. The van der Waals surface area contributed by atoms with E-state index in [1.807, 2.05) is 0 Å². The van der Waals surface area contributed by atoms with Crippen LogP contribution in [-0.4, -0.2) is 5.75 Å². The second kappa shape index (κ2) is 8.35. The molecule has 0 aliphatic heterocycles. The Kier molecular flexibility index (Phi) is 8.67. The zero-order valence-electron chi connectivity index (χ0n) is 6.36. The lowest BCUT2D eigenvalue weighted by atomic mass is 10.1. The molecular weight excluding hydrogens is 128 g/mol. The van der Waals surface area contributed by atoms with Crippen LogP contribution in [0.2, 0.25) is 0 Å². The van der Waals surface area contributed by atoms with Gasteiger partial charge in [0.1, 0.15) is 0 Å². The fourth-order valence-corrected chi connectivity index (χ4v) is 1.09. The predicted molar refractivity (Wildman–Crippen MR) is 45.6 cm³/mol. The minimum atomic E-state index is 0.951. The van der Waals surface area contributed by atoms with Crippen LogP contribution in [0.15, 0.2) is 0 Å². The molecule has 0 atom stereocenters. The van der Waals surface area contributed by atoms with E-state index in [9.17, 15) is 0 Å². The molecule has 0 saturated carbocycles. The molecule has 0 rings (SSSR count). The Morgan fingerprint density at radius 2 is 1.44 bits per heavy atom. The zero-order valence-corrected chi connectivity index (χ0v) is 7.17. The predicted octanol–water partition coefficient (Wildman–Crippen LogP) is 2.89. The SMILES string of the molecule is CCCCCCCC[S-]. The second-order valence-electron chi connectivity index (χ2n) is 2.47. The van der Waals surface area contributed by atoms with Gasteiger partial charge in [0.25, 0.3) is 0 Å². The average Bonchev–Trinajstić information content (AvgIpc) is 1.89. The first kappa shape index (κ1) is 9.35. The lowest BCUT2D eigenvalue weighted by molar-refractivity contribution is 0.627. The first-order valence-corrected chi connectivity index (χ1v) is 4.57. The van der Waals surface area contributed by atoms with Gasteiger partial charge in [-0.3, -0.25) is 0 Å². The summed E-state index contributed by atoms with van der Waals surface area (Å²) in [6.07, 6.45) is 8.14. The number of unbranched alkanes of at least 4 members (excludes halogenated alkanes) is 5. The summed E-state index contributed by atoms with van der Waals surface area (Å²) in [6, 6.07) is 0. The quantitative estimate of drug-likeness (QED) is 0.409. The minimum absolute atomic E-state index is 0.951. The molecule has 0 saturated heterocycles. The molecule has 9 heavy (non-hydrogen) atoms. The van der Waals surface area contributed by atoms with Crippen molar-refractivity contribution in [1.82, 2.24) is 0 Å². The zero-order chi connectivity index (χ0) is 6.95. The minimum Gasteiger partial charge on any atom is -0.793 e. The number of hydrogen-bond acceptors (Lipinski definition) is 1. The number of rotatable bonds is 6. The van der Waals surface area contributed by atoms with Crippen molar-refractivity contribution in [2.45, 2.75) is 45.4 Å². The second-order valence-corrected chi connectivity index (χ2v) is 2.88. The average molecular weight is 145 g/mol. The standard InChI is InChI=1S/C8H18S/c1-2-3-4-5-6-7-8-9/h9H,2-8H2,1H3/p-1. The summed E-state index contributed by atoms with van der Waals surface area (Å²) in [7, 11) is 0. The molecule has 1 heteroatoms. The topological polar surface area (TPSA) is 0 Å². The fraction of sp³-hybridized carbons (Fsp3) is 1.00. The third kappa shape index (κ3) is 8.35. The highest BCUT2D eigenvalue weighted by Crippen LogP contribution is 2.03. The Balaban J connectivity index is 2.60. The molecule has 56 valence electrons. The van der Waals surface area contributed by atoms with E-state index >= 15 is 0 Å². The van der Waals surface area contributed by atoms with Crippen LogP contribution in [0.5, 0.6) is 0 Å². The van der Waals surface area contributed by atoms with E-state index in [1.165, 1.54) is 38.5 Å². The Bertz CT molecular complexity index is 37.8. The van der Waals surface area contributed by atoms with Crippen LogP contribution in [0, 0.1) is 0 Å². The summed E-state index contributed by atoms with van der Waals surface area (Å²) in [5, 5.41) is 0. The van der Waals surface area contributed by atoms with Crippen LogP contribution in [0.4, 0.5) is 0 Å². The molecular formula is C8H17S-. The lowest BCUT2D eigenvalue weighted by Gasteiger charge is -2.01. The van der Waals surface area contributed by atoms with Crippen LogP contribution in [0.1, 0.15) is 45.4 Å². The summed E-state index contributed by atoms with van der Waals surface area (Å²) in [5.41, 5.74) is 0. The van der Waals surface area contributed by atoms with Gasteiger partial charge in [0.2, 0.25) is 0 Å². The van der Waals surface area contributed by atoms with Crippen molar-refractivity contribution < 1.29 is 0 Å². The van der Waals surface area contributed by atoms with Gasteiger partial charge >= 0.3 is 0 Å². The molecule has 0 aromatic heterocycles. The monoisotopic (exact) mass is 145 g/mol. The van der Waals surface area contributed by atoms with Crippen molar-refractivity contribution in [3.05, 3.63) is 0 Å². The van der Waals surface area contributed by atoms with Crippen molar-refractivity contribution in [2.75, 3.05) is 5.75 Å². The van der Waals surface area contributed by atoms with Crippen LogP contribution in [0.25, 0.3) is 0 Å². The maximum atomic E-state index is 4.83. The van der Waals surface area contributed by atoms with Crippen molar-refractivity contribution in [1.29, 1.82) is 0 Å². The van der Waals surface area contributed by atoms with Gasteiger partial charge in [-0.15, -0.1) is 0 Å². The Morgan fingerprint density at radius 1 is 0.889 bits per heavy atom. The van der Waals surface area contributed by atoms with E-state index in [0.717, 1.165) is 5.75 Å². The van der Waals surface area contributed by atoms with E-state index in [4.69, 9.17) is 12.6 Å². The van der Waals surface area contributed by atoms with Crippen LogP contribution >= 0.6 is 0 Å². The molecule has 0 spiro atoms. The van der Waals surface area contributed by atoms with Crippen molar-refractivity contribution >= 4 is 12.6 Å². The van der Waals surface area contributed by atoms with Crippen LogP contribution < -0.4 is 0 Å². The molecule has 0 heterocycles. The Labute approximate surface area is 64.4 Å². The third-order valence-electron chi connectivity index (χ3n) is 1.50. The summed E-state index contributed by atoms with van der Waals surface area (Å²) in [5.74, 6) is 0.951. The highest BCUT2D eigenvalue weighted by atomic mass is 32.1. The smallest absolute Gasteiger partial charge is 0.0533 e. The van der Waals surface area contributed by atoms with Gasteiger partial charge in [-0.1, -0.05) is 45.4 Å². The normalized spacial score (nSPS) is 10.0. The maximum Gasteiger partial charge on any atom is -0.0533 e. The largest absolute Gasteiger partial charge is 0.793 e. The summed E-state index contributed by atoms with van der Waals surface area (Å²) in [6.45, 7) is 2.24. The third-order valence-corrected chi connectivity index (χ3v) is 1.79. The van der Waals surface area contributed by atoms with E-state index < -0.39 is 0 Å². The molecule has 0 aromatic carbocycles. The van der Waals surface area contributed by atoms with Gasteiger partial charge in [0.05, 0.1) is 0 Å². The summed E-state index contributed by atoms with van der Waals surface area (Å²) in [4.78, 5) is 0. The van der Waals surface area contributed by atoms with Gasteiger partial charge in [-0.25, -0.2) is 0 Å². The van der Waals surface area contributed by atoms with Gasteiger partial charge in [0.15, 0.2) is 0 Å². The molecule has 0 aliphatic carbocycles. The maximum absolute atomic E-state index is 4.83. The van der Waals surface area contributed by atoms with Gasteiger partial charge < -0.3 is 12.6 Å². The first-order valence-electron chi connectivity index (χ1n) is 4.00. The molecule has 0 bridgehead atoms. The van der Waals surface area contributed by atoms with Crippen LogP contribution in [-0.2, 0) is 12.6 Å². The lowest BCUT2D eigenvalue weighted by Crippen LogP contribution is -1.80. The highest BCUT2D eigenvalue weighted by molar-refractivity contribution is 7.58.